The Bertz CT molecular complexity index is 1040. The summed E-state index contributed by atoms with van der Waals surface area (Å²) in [7, 11) is 0. The predicted molar refractivity (Wildman–Crippen MR) is 120 cm³/mol. The van der Waals surface area contributed by atoms with Gasteiger partial charge < -0.3 is 4.74 Å². The van der Waals surface area contributed by atoms with Gasteiger partial charge in [-0.25, -0.2) is 4.79 Å². The minimum Gasteiger partial charge on any atom is -0.445 e. The number of hydrogen-bond acceptors (Lipinski definition) is 3. The molecule has 0 aromatic heterocycles. The van der Waals surface area contributed by atoms with Gasteiger partial charge in [0.2, 0.25) is 5.78 Å². The molecule has 0 fully saturated rings. The summed E-state index contributed by atoms with van der Waals surface area (Å²) in [5.41, 5.74) is 4.87. The summed E-state index contributed by atoms with van der Waals surface area (Å²) in [6.07, 6.45) is -0.997. The molecular formula is C27H28O3. The number of aryl methyl sites for hydroxylation is 2. The third-order valence-electron chi connectivity index (χ3n) is 5.34. The molecule has 154 valence electrons. The van der Waals surface area contributed by atoms with Gasteiger partial charge in [-0.1, -0.05) is 75.4 Å². The zero-order valence-electron chi connectivity index (χ0n) is 18.2. The average molecular weight is 401 g/mol. The Morgan fingerprint density at radius 1 is 0.767 bits per heavy atom. The maximum atomic E-state index is 13.3. The van der Waals surface area contributed by atoms with Crippen molar-refractivity contribution in [1.82, 2.24) is 0 Å². The third-order valence-corrected chi connectivity index (χ3v) is 5.34. The van der Waals surface area contributed by atoms with Crippen LogP contribution < -0.4 is 0 Å². The third kappa shape index (κ3) is 4.85. The number of carbonyl (C=O) groups is 2. The molecule has 0 aliphatic rings. The lowest BCUT2D eigenvalue weighted by Gasteiger charge is -2.20. The Kier molecular flexibility index (Phi) is 6.21. The maximum Gasteiger partial charge on any atom is 0.339 e. The molecule has 3 aromatic rings. The van der Waals surface area contributed by atoms with Crippen LogP contribution in [0.5, 0.6) is 0 Å². The van der Waals surface area contributed by atoms with E-state index < -0.39 is 12.1 Å². The fourth-order valence-electron chi connectivity index (χ4n) is 3.23. The number of Topliss-reactive ketones (excluding diaryl/α,β-unsaturated/α-hetero) is 1. The van der Waals surface area contributed by atoms with Crippen LogP contribution in [0.15, 0.2) is 72.8 Å². The highest BCUT2D eigenvalue weighted by Gasteiger charge is 2.27. The largest absolute Gasteiger partial charge is 0.445 e. The number of esters is 1. The lowest BCUT2D eigenvalue weighted by Crippen LogP contribution is -2.20. The fraction of sp³-hybridized carbons (Fsp3) is 0.259. The molecular weight excluding hydrogens is 372 g/mol. The van der Waals surface area contributed by atoms with E-state index in [0.717, 1.165) is 16.7 Å². The van der Waals surface area contributed by atoms with Crippen LogP contribution in [0.3, 0.4) is 0 Å². The van der Waals surface area contributed by atoms with Crippen LogP contribution >= 0.6 is 0 Å². The lowest BCUT2D eigenvalue weighted by molar-refractivity contribution is 0.0280. The van der Waals surface area contributed by atoms with E-state index >= 15 is 0 Å². The number of benzene rings is 3. The highest BCUT2D eigenvalue weighted by molar-refractivity contribution is 6.02. The first-order chi connectivity index (χ1) is 14.2. The summed E-state index contributed by atoms with van der Waals surface area (Å²) in [5.74, 6) is -0.745. The Hall–Kier alpha value is -3.20. The van der Waals surface area contributed by atoms with Gasteiger partial charge in [0.05, 0.1) is 5.56 Å². The van der Waals surface area contributed by atoms with Crippen molar-refractivity contribution in [1.29, 1.82) is 0 Å². The van der Waals surface area contributed by atoms with Crippen LogP contribution in [0.25, 0.3) is 0 Å². The van der Waals surface area contributed by atoms with Crippen molar-refractivity contribution in [3.8, 4) is 0 Å². The minimum atomic E-state index is -0.997. The van der Waals surface area contributed by atoms with Gasteiger partial charge in [0.25, 0.3) is 0 Å². The predicted octanol–water partition coefficient (Wildman–Crippen LogP) is 6.38. The number of ether oxygens (including phenoxy) is 1. The van der Waals surface area contributed by atoms with Crippen molar-refractivity contribution in [2.45, 2.75) is 46.1 Å². The molecule has 0 saturated heterocycles. The fourth-order valence-corrected chi connectivity index (χ4v) is 3.23. The molecule has 0 aliphatic heterocycles. The Morgan fingerprint density at radius 3 is 1.93 bits per heavy atom. The molecule has 0 amide bonds. The van der Waals surface area contributed by atoms with Crippen molar-refractivity contribution in [3.63, 3.8) is 0 Å². The second kappa shape index (κ2) is 8.66. The van der Waals surface area contributed by atoms with Crippen LogP contribution in [0.2, 0.25) is 0 Å². The Labute approximate surface area is 178 Å². The van der Waals surface area contributed by atoms with E-state index in [1.54, 1.807) is 30.3 Å². The summed E-state index contributed by atoms with van der Waals surface area (Å²) in [6.45, 7) is 10.3. The number of hydrogen-bond donors (Lipinski definition) is 0. The summed E-state index contributed by atoms with van der Waals surface area (Å²) < 4.78 is 5.75. The second-order valence-electron chi connectivity index (χ2n) is 8.69. The first-order valence-electron chi connectivity index (χ1n) is 10.1. The quantitative estimate of drug-likeness (QED) is 0.368. The van der Waals surface area contributed by atoms with Crippen molar-refractivity contribution < 1.29 is 14.3 Å². The highest BCUT2D eigenvalue weighted by Crippen LogP contribution is 2.26. The zero-order chi connectivity index (χ0) is 21.9. The second-order valence-corrected chi connectivity index (χ2v) is 8.69. The van der Waals surface area contributed by atoms with Crippen molar-refractivity contribution in [2.75, 3.05) is 0 Å². The van der Waals surface area contributed by atoms with Gasteiger partial charge in [-0.15, -0.1) is 0 Å². The molecule has 0 spiro atoms. The first kappa shape index (κ1) is 21.5. The SMILES string of the molecule is Cc1ccc(C(=O)[C@@H](OC(=O)c2ccc(C(C)(C)C)cc2)c2ccccc2)cc1C. The Morgan fingerprint density at radius 2 is 1.37 bits per heavy atom. The molecule has 0 bridgehead atoms. The van der Waals surface area contributed by atoms with Gasteiger partial charge in [-0.3, -0.25) is 4.79 Å². The molecule has 3 aromatic carbocycles. The van der Waals surface area contributed by atoms with Crippen molar-refractivity contribution >= 4 is 11.8 Å². The highest BCUT2D eigenvalue weighted by atomic mass is 16.5. The van der Waals surface area contributed by atoms with Gasteiger partial charge in [0.15, 0.2) is 6.10 Å². The molecule has 0 N–H and O–H groups in total. The van der Waals surface area contributed by atoms with Gasteiger partial charge in [0, 0.05) is 11.1 Å². The van der Waals surface area contributed by atoms with E-state index in [1.807, 2.05) is 56.3 Å². The minimum absolute atomic E-state index is 0.00568. The summed E-state index contributed by atoms with van der Waals surface area (Å²) in [4.78, 5) is 26.2. The van der Waals surface area contributed by atoms with Gasteiger partial charge in [0.1, 0.15) is 0 Å². The van der Waals surface area contributed by atoms with Gasteiger partial charge in [-0.2, -0.15) is 0 Å². The first-order valence-corrected chi connectivity index (χ1v) is 10.1. The van der Waals surface area contributed by atoms with Gasteiger partial charge in [-0.05, 0) is 54.2 Å². The Balaban J connectivity index is 1.90. The molecule has 30 heavy (non-hydrogen) atoms. The van der Waals surface area contributed by atoms with Crippen LogP contribution in [0.1, 0.15) is 69.8 Å². The molecule has 1 atom stereocenters. The van der Waals surface area contributed by atoms with Crippen molar-refractivity contribution in [3.05, 3.63) is 106 Å². The number of ketones is 1. The number of rotatable bonds is 5. The maximum absolute atomic E-state index is 13.3. The van der Waals surface area contributed by atoms with E-state index in [4.69, 9.17) is 4.74 Å². The molecule has 3 heteroatoms. The molecule has 3 nitrogen and oxygen atoms in total. The van der Waals surface area contributed by atoms with Crippen LogP contribution in [0, 0.1) is 13.8 Å². The summed E-state index contributed by atoms with van der Waals surface area (Å²) in [5, 5.41) is 0. The summed E-state index contributed by atoms with van der Waals surface area (Å²) in [6, 6.07) is 22.1. The monoisotopic (exact) mass is 400 g/mol. The van der Waals surface area contributed by atoms with Crippen LogP contribution in [-0.4, -0.2) is 11.8 Å². The van der Waals surface area contributed by atoms with E-state index in [2.05, 4.69) is 20.8 Å². The van der Waals surface area contributed by atoms with E-state index in [-0.39, 0.29) is 11.2 Å². The molecule has 0 unspecified atom stereocenters. The molecule has 3 rings (SSSR count). The zero-order valence-corrected chi connectivity index (χ0v) is 18.2. The smallest absolute Gasteiger partial charge is 0.339 e. The van der Waals surface area contributed by atoms with E-state index in [0.29, 0.717) is 16.7 Å². The van der Waals surface area contributed by atoms with Crippen LogP contribution in [0.4, 0.5) is 0 Å². The van der Waals surface area contributed by atoms with Gasteiger partial charge >= 0.3 is 5.97 Å². The lowest BCUT2D eigenvalue weighted by atomic mass is 9.87. The molecule has 0 heterocycles. The summed E-state index contributed by atoms with van der Waals surface area (Å²) >= 11 is 0. The average Bonchev–Trinajstić information content (AvgIpc) is 2.73. The molecule has 0 aliphatic carbocycles. The topological polar surface area (TPSA) is 43.4 Å². The van der Waals surface area contributed by atoms with E-state index in [9.17, 15) is 9.59 Å². The number of carbonyl (C=O) groups excluding carboxylic acids is 2. The van der Waals surface area contributed by atoms with Crippen LogP contribution in [-0.2, 0) is 10.2 Å². The normalized spacial score (nSPS) is 12.3. The molecule has 0 saturated carbocycles. The van der Waals surface area contributed by atoms with Crippen molar-refractivity contribution in [2.24, 2.45) is 0 Å². The van der Waals surface area contributed by atoms with E-state index in [1.165, 1.54) is 0 Å². The standard InChI is InChI=1S/C27H28O3/c1-18-11-12-22(17-19(18)2)24(28)25(20-9-7-6-8-10-20)30-26(29)21-13-15-23(16-14-21)27(3,4)5/h6-17,25H,1-5H3/t25-/m0/s1. The molecule has 0 radical (unpaired) electrons.